The fourth-order valence-electron chi connectivity index (χ4n) is 3.67. The van der Waals surface area contributed by atoms with E-state index < -0.39 is 31.0 Å². The van der Waals surface area contributed by atoms with Gasteiger partial charge in [0.1, 0.15) is 15.9 Å². The summed E-state index contributed by atoms with van der Waals surface area (Å²) in [5.41, 5.74) is 1.74. The van der Waals surface area contributed by atoms with E-state index in [0.29, 0.717) is 18.9 Å². The van der Waals surface area contributed by atoms with Gasteiger partial charge in [0, 0.05) is 6.54 Å². The molecule has 0 N–H and O–H groups in total. The van der Waals surface area contributed by atoms with Gasteiger partial charge in [-0.1, -0.05) is 0 Å². The number of ether oxygens (including phenoxy) is 1. The zero-order valence-electron chi connectivity index (χ0n) is 15.4. The van der Waals surface area contributed by atoms with Gasteiger partial charge in [-0.2, -0.15) is 0 Å². The highest BCUT2D eigenvalue weighted by atomic mass is 32.2. The lowest BCUT2D eigenvalue weighted by atomic mass is 10.1. The largest absolute Gasteiger partial charge is 0.495 e. The summed E-state index contributed by atoms with van der Waals surface area (Å²) in [6.45, 7) is 6.59. The molecule has 7 nitrogen and oxygen atoms in total. The number of sulfone groups is 2. The van der Waals surface area contributed by atoms with Gasteiger partial charge in [0.15, 0.2) is 19.7 Å². The molecular formula is C17H24N2O5S2. The summed E-state index contributed by atoms with van der Waals surface area (Å²) in [7, 11) is -5.93. The molecule has 0 radical (unpaired) electrons. The van der Waals surface area contributed by atoms with E-state index in [1.54, 1.807) is 19.1 Å². The van der Waals surface area contributed by atoms with Crippen LogP contribution in [0, 0.1) is 13.8 Å². The number of hydrogen-bond donors (Lipinski definition) is 0. The van der Waals surface area contributed by atoms with Crippen LogP contribution in [0.1, 0.15) is 18.1 Å². The van der Waals surface area contributed by atoms with Crippen molar-refractivity contribution in [1.82, 2.24) is 4.90 Å². The van der Waals surface area contributed by atoms with Crippen LogP contribution in [-0.4, -0.2) is 70.6 Å². The summed E-state index contributed by atoms with van der Waals surface area (Å²) in [6, 6.07) is 2.64. The number of hydrogen-bond acceptors (Lipinski definition) is 7. The van der Waals surface area contributed by atoms with Crippen LogP contribution in [0.4, 0.5) is 0 Å². The molecule has 0 aliphatic carbocycles. The maximum absolute atomic E-state index is 13.4. The molecule has 1 fully saturated rings. The monoisotopic (exact) mass is 400 g/mol. The van der Waals surface area contributed by atoms with Gasteiger partial charge in [0.25, 0.3) is 0 Å². The summed E-state index contributed by atoms with van der Waals surface area (Å²) >= 11 is 0. The fraction of sp³-hybridized carbons (Fsp3) is 0.588. The molecule has 1 saturated heterocycles. The Hall–Kier alpha value is -1.61. The van der Waals surface area contributed by atoms with Gasteiger partial charge >= 0.3 is 0 Å². The summed E-state index contributed by atoms with van der Waals surface area (Å²) in [5, 5.41) is -1.04. The summed E-state index contributed by atoms with van der Waals surface area (Å²) in [4.78, 5) is 6.17. The van der Waals surface area contributed by atoms with Crippen LogP contribution in [0.3, 0.4) is 0 Å². The van der Waals surface area contributed by atoms with Crippen molar-refractivity contribution >= 4 is 25.5 Å². The van der Waals surface area contributed by atoms with Crippen LogP contribution in [0.15, 0.2) is 22.0 Å². The SMILES string of the molecule is COc1cc(C)c(C)cc1S(=O)(=O)[C@H]1CS(=O)(=O)C[C@@H]1N1CCN=C1C. The van der Waals surface area contributed by atoms with Crippen LogP contribution in [0.2, 0.25) is 0 Å². The van der Waals surface area contributed by atoms with Crippen molar-refractivity contribution in [2.24, 2.45) is 4.99 Å². The average molecular weight is 401 g/mol. The van der Waals surface area contributed by atoms with Gasteiger partial charge in [0.2, 0.25) is 0 Å². The summed E-state index contributed by atoms with van der Waals surface area (Å²) in [6.07, 6.45) is 0. The summed E-state index contributed by atoms with van der Waals surface area (Å²) < 4.78 is 56.8. The molecule has 2 aliphatic heterocycles. The molecule has 144 valence electrons. The standard InChI is InChI=1S/C17H24N2O5S2/c1-11-7-15(24-4)16(8-12(11)2)26(22,23)17-10-25(20,21)9-14(17)19-6-5-18-13(19)3/h7-8,14,17H,5-6,9-10H2,1-4H3/t14-,17-/m0/s1. The Morgan fingerprint density at radius 2 is 1.81 bits per heavy atom. The van der Waals surface area contributed by atoms with Crippen molar-refractivity contribution in [2.75, 3.05) is 31.7 Å². The Kier molecular flexibility index (Phi) is 4.81. The van der Waals surface area contributed by atoms with Crippen LogP contribution in [0.5, 0.6) is 5.75 Å². The van der Waals surface area contributed by atoms with Gasteiger partial charge in [-0.15, -0.1) is 0 Å². The lowest BCUT2D eigenvalue weighted by Gasteiger charge is -2.30. The molecule has 26 heavy (non-hydrogen) atoms. The molecule has 0 bridgehead atoms. The third-order valence-corrected chi connectivity index (χ3v) is 9.39. The number of rotatable bonds is 4. The third kappa shape index (κ3) is 3.22. The van der Waals surface area contributed by atoms with Crippen molar-refractivity contribution in [3.05, 3.63) is 23.3 Å². The number of nitrogens with zero attached hydrogens (tertiary/aromatic N) is 2. The van der Waals surface area contributed by atoms with Gasteiger partial charge in [-0.25, -0.2) is 16.8 Å². The minimum atomic E-state index is -3.90. The third-order valence-electron chi connectivity index (χ3n) is 5.25. The minimum absolute atomic E-state index is 0.0592. The van der Waals surface area contributed by atoms with E-state index in [9.17, 15) is 16.8 Å². The first kappa shape index (κ1) is 19.2. The van der Waals surface area contributed by atoms with Crippen molar-refractivity contribution in [3.8, 4) is 5.75 Å². The molecule has 0 unspecified atom stereocenters. The van der Waals surface area contributed by atoms with E-state index in [1.165, 1.54) is 7.11 Å². The lowest BCUT2D eigenvalue weighted by molar-refractivity contribution is 0.358. The van der Waals surface area contributed by atoms with Crippen molar-refractivity contribution < 1.29 is 21.6 Å². The number of amidine groups is 1. The molecule has 2 heterocycles. The Labute approximate surface area is 154 Å². The molecule has 0 aromatic heterocycles. The molecule has 0 spiro atoms. The van der Waals surface area contributed by atoms with Crippen LogP contribution < -0.4 is 4.74 Å². The fourth-order valence-corrected chi connectivity index (χ4v) is 8.67. The number of aryl methyl sites for hydroxylation is 2. The average Bonchev–Trinajstić information content (AvgIpc) is 3.12. The molecule has 0 saturated carbocycles. The van der Waals surface area contributed by atoms with E-state index in [1.807, 2.05) is 18.7 Å². The van der Waals surface area contributed by atoms with Crippen LogP contribution in [0.25, 0.3) is 0 Å². The molecule has 9 heteroatoms. The zero-order valence-corrected chi connectivity index (χ0v) is 17.0. The van der Waals surface area contributed by atoms with E-state index in [2.05, 4.69) is 4.99 Å². The lowest BCUT2D eigenvalue weighted by Crippen LogP contribution is -2.47. The van der Waals surface area contributed by atoms with Gasteiger partial charge in [0.05, 0.1) is 37.0 Å². The van der Waals surface area contributed by atoms with Gasteiger partial charge < -0.3 is 9.64 Å². The number of aliphatic imine (C=N–C) groups is 1. The van der Waals surface area contributed by atoms with Crippen molar-refractivity contribution in [1.29, 1.82) is 0 Å². The predicted molar refractivity (Wildman–Crippen MR) is 101 cm³/mol. The van der Waals surface area contributed by atoms with Crippen LogP contribution >= 0.6 is 0 Å². The highest BCUT2D eigenvalue weighted by Crippen LogP contribution is 2.35. The Balaban J connectivity index is 2.10. The van der Waals surface area contributed by atoms with E-state index in [4.69, 9.17) is 4.74 Å². The van der Waals surface area contributed by atoms with Crippen LogP contribution in [-0.2, 0) is 19.7 Å². The highest BCUT2D eigenvalue weighted by molar-refractivity contribution is 7.96. The first-order valence-corrected chi connectivity index (χ1v) is 11.8. The number of benzene rings is 1. The van der Waals surface area contributed by atoms with Crippen molar-refractivity contribution in [2.45, 2.75) is 37.0 Å². The Morgan fingerprint density at radius 3 is 2.38 bits per heavy atom. The smallest absolute Gasteiger partial charge is 0.187 e. The van der Waals surface area contributed by atoms with Gasteiger partial charge in [-0.05, 0) is 44.0 Å². The molecule has 2 atom stereocenters. The zero-order chi connectivity index (χ0) is 19.3. The topological polar surface area (TPSA) is 93.1 Å². The predicted octanol–water partition coefficient (Wildman–Crippen LogP) is 0.985. The molecule has 1 aromatic rings. The molecule has 2 aliphatic rings. The molecule has 1 aromatic carbocycles. The highest BCUT2D eigenvalue weighted by Gasteiger charge is 2.49. The molecule has 3 rings (SSSR count). The summed E-state index contributed by atoms with van der Waals surface area (Å²) in [5.74, 6) is 0.402. The molecule has 0 amide bonds. The second kappa shape index (κ2) is 6.53. The Morgan fingerprint density at radius 1 is 1.15 bits per heavy atom. The normalized spacial score (nSPS) is 25.4. The minimum Gasteiger partial charge on any atom is -0.495 e. The maximum Gasteiger partial charge on any atom is 0.187 e. The number of methoxy groups -OCH3 is 1. The quantitative estimate of drug-likeness (QED) is 0.748. The van der Waals surface area contributed by atoms with E-state index >= 15 is 0 Å². The second-order valence-corrected chi connectivity index (χ2v) is 11.2. The Bertz CT molecular complexity index is 967. The van der Waals surface area contributed by atoms with Crippen molar-refractivity contribution in [3.63, 3.8) is 0 Å². The first-order valence-electron chi connectivity index (χ1n) is 8.44. The van der Waals surface area contributed by atoms with E-state index in [0.717, 1.165) is 11.1 Å². The van der Waals surface area contributed by atoms with Gasteiger partial charge in [-0.3, -0.25) is 4.99 Å². The molecular weight excluding hydrogens is 376 g/mol. The maximum atomic E-state index is 13.4. The van der Waals surface area contributed by atoms with E-state index in [-0.39, 0.29) is 22.2 Å². The first-order chi connectivity index (χ1) is 12.1. The second-order valence-electron chi connectivity index (χ2n) is 6.94.